The number of benzene rings is 3. The molecule has 0 saturated heterocycles. The van der Waals surface area contributed by atoms with Crippen molar-refractivity contribution in [3.8, 4) is 0 Å². The van der Waals surface area contributed by atoms with Gasteiger partial charge in [0, 0.05) is 4.47 Å². The molecule has 4 rings (SSSR count). The van der Waals surface area contributed by atoms with Gasteiger partial charge in [0.15, 0.2) is 5.13 Å². The lowest BCUT2D eigenvalue weighted by atomic mass is 10.1. The zero-order chi connectivity index (χ0) is 19.5. The van der Waals surface area contributed by atoms with E-state index >= 15 is 0 Å². The Bertz CT molecular complexity index is 1110. The van der Waals surface area contributed by atoms with Gasteiger partial charge in [0.2, 0.25) is 5.91 Å². The lowest BCUT2D eigenvalue weighted by Crippen LogP contribution is -2.31. The molecule has 1 aromatic heterocycles. The van der Waals surface area contributed by atoms with Gasteiger partial charge in [0.05, 0.1) is 23.2 Å². The molecule has 0 bridgehead atoms. The molecular formula is C23H19BrN2OS. The average molecular weight is 451 g/mol. The van der Waals surface area contributed by atoms with Crippen molar-refractivity contribution in [1.82, 2.24) is 4.98 Å². The Morgan fingerprint density at radius 3 is 2.50 bits per heavy atom. The second-order valence-electron chi connectivity index (χ2n) is 6.74. The highest BCUT2D eigenvalue weighted by Crippen LogP contribution is 2.32. The van der Waals surface area contributed by atoms with Gasteiger partial charge in [0.25, 0.3) is 0 Å². The molecule has 3 nitrogen and oxygen atoms in total. The summed E-state index contributed by atoms with van der Waals surface area (Å²) < 4.78 is 2.07. The number of aryl methyl sites for hydroxylation is 1. The molecule has 0 radical (unpaired) electrons. The molecule has 1 heterocycles. The van der Waals surface area contributed by atoms with E-state index in [1.165, 1.54) is 5.56 Å². The van der Waals surface area contributed by atoms with Crippen LogP contribution in [0.25, 0.3) is 10.2 Å². The van der Waals surface area contributed by atoms with Crippen LogP contribution >= 0.6 is 27.3 Å². The maximum absolute atomic E-state index is 13.2. The molecule has 0 aliphatic carbocycles. The monoisotopic (exact) mass is 450 g/mol. The van der Waals surface area contributed by atoms with Gasteiger partial charge in [-0.2, -0.15) is 0 Å². The second kappa shape index (κ2) is 8.25. The highest BCUT2D eigenvalue weighted by molar-refractivity contribution is 9.10. The fourth-order valence-corrected chi connectivity index (χ4v) is 4.54. The Hall–Kier alpha value is -2.50. The Morgan fingerprint density at radius 1 is 1.00 bits per heavy atom. The molecule has 4 aromatic rings. The van der Waals surface area contributed by atoms with Crippen LogP contribution in [0, 0.1) is 6.92 Å². The number of rotatable bonds is 5. The topological polar surface area (TPSA) is 33.2 Å². The lowest BCUT2D eigenvalue weighted by Gasteiger charge is -2.20. The Balaban J connectivity index is 1.67. The van der Waals surface area contributed by atoms with Crippen LogP contribution in [-0.2, 0) is 17.8 Å². The van der Waals surface area contributed by atoms with Crippen molar-refractivity contribution in [2.45, 2.75) is 19.9 Å². The maximum atomic E-state index is 13.2. The zero-order valence-corrected chi connectivity index (χ0v) is 17.8. The molecule has 0 N–H and O–H groups in total. The van der Waals surface area contributed by atoms with Gasteiger partial charge in [0.1, 0.15) is 0 Å². The zero-order valence-electron chi connectivity index (χ0n) is 15.4. The summed E-state index contributed by atoms with van der Waals surface area (Å²) in [6.07, 6.45) is 0.354. The third-order valence-corrected chi connectivity index (χ3v) is 6.07. The summed E-state index contributed by atoms with van der Waals surface area (Å²) in [4.78, 5) is 19.8. The highest BCUT2D eigenvalue weighted by atomic mass is 79.9. The van der Waals surface area contributed by atoms with Crippen molar-refractivity contribution in [1.29, 1.82) is 0 Å². The normalized spacial score (nSPS) is 10.9. The summed E-state index contributed by atoms with van der Waals surface area (Å²) in [5, 5.41) is 0.731. The van der Waals surface area contributed by atoms with E-state index in [0.29, 0.717) is 13.0 Å². The van der Waals surface area contributed by atoms with E-state index in [1.54, 1.807) is 16.2 Å². The van der Waals surface area contributed by atoms with E-state index in [4.69, 9.17) is 4.98 Å². The number of hydrogen-bond donors (Lipinski definition) is 0. The predicted molar refractivity (Wildman–Crippen MR) is 120 cm³/mol. The first-order valence-electron chi connectivity index (χ1n) is 9.04. The Morgan fingerprint density at radius 2 is 1.75 bits per heavy atom. The molecule has 140 valence electrons. The molecular weight excluding hydrogens is 432 g/mol. The van der Waals surface area contributed by atoms with Crippen LogP contribution < -0.4 is 4.90 Å². The smallest absolute Gasteiger partial charge is 0.233 e. The quantitative estimate of drug-likeness (QED) is 0.365. The van der Waals surface area contributed by atoms with E-state index in [0.717, 1.165) is 30.9 Å². The number of thiazole rings is 1. The van der Waals surface area contributed by atoms with Crippen LogP contribution in [0.2, 0.25) is 0 Å². The first-order chi connectivity index (χ1) is 13.6. The van der Waals surface area contributed by atoms with Crippen LogP contribution in [0.5, 0.6) is 0 Å². The van der Waals surface area contributed by atoms with E-state index in [2.05, 4.69) is 15.9 Å². The molecule has 0 spiro atoms. The molecule has 0 atom stereocenters. The minimum Gasteiger partial charge on any atom is -0.283 e. The van der Waals surface area contributed by atoms with Crippen LogP contribution in [0.1, 0.15) is 16.7 Å². The molecule has 0 fully saturated rings. The molecule has 0 aliphatic heterocycles. The lowest BCUT2D eigenvalue weighted by molar-refractivity contribution is -0.118. The number of carbonyl (C=O) groups excluding carboxylic acids is 1. The van der Waals surface area contributed by atoms with E-state index < -0.39 is 0 Å². The SMILES string of the molecule is Cc1ccc(CC(=O)N(Cc2ccccc2)c2nc3ccc(Br)cc3s2)cc1. The molecule has 0 aliphatic rings. The van der Waals surface area contributed by atoms with E-state index in [9.17, 15) is 4.79 Å². The molecule has 0 saturated carbocycles. The largest absolute Gasteiger partial charge is 0.283 e. The number of anilines is 1. The van der Waals surface area contributed by atoms with E-state index in [-0.39, 0.29) is 5.91 Å². The van der Waals surface area contributed by atoms with Gasteiger partial charge in [-0.3, -0.25) is 9.69 Å². The fraction of sp³-hybridized carbons (Fsp3) is 0.130. The Labute approximate surface area is 176 Å². The van der Waals surface area contributed by atoms with Gasteiger partial charge < -0.3 is 0 Å². The third kappa shape index (κ3) is 4.32. The molecule has 5 heteroatoms. The van der Waals surface area contributed by atoms with Gasteiger partial charge in [-0.15, -0.1) is 0 Å². The van der Waals surface area contributed by atoms with Crippen molar-refractivity contribution >= 4 is 48.5 Å². The van der Waals surface area contributed by atoms with Crippen molar-refractivity contribution in [2.75, 3.05) is 4.90 Å². The number of halogens is 1. The van der Waals surface area contributed by atoms with Crippen LogP contribution in [0.3, 0.4) is 0 Å². The van der Waals surface area contributed by atoms with Crippen molar-refractivity contribution in [3.05, 3.63) is 94.0 Å². The number of hydrogen-bond acceptors (Lipinski definition) is 3. The van der Waals surface area contributed by atoms with Crippen LogP contribution in [0.4, 0.5) is 5.13 Å². The standard InChI is InChI=1S/C23H19BrN2OS/c1-16-7-9-17(10-8-16)13-22(27)26(15-18-5-3-2-4-6-18)23-25-20-12-11-19(24)14-21(20)28-23/h2-12,14H,13,15H2,1H3. The predicted octanol–water partition coefficient (Wildman–Crippen LogP) is 6.14. The fourth-order valence-electron chi connectivity index (χ4n) is 3.01. The summed E-state index contributed by atoms with van der Waals surface area (Å²) in [5.41, 5.74) is 4.19. The van der Waals surface area contributed by atoms with Crippen molar-refractivity contribution < 1.29 is 4.79 Å². The van der Waals surface area contributed by atoms with Crippen LogP contribution in [0.15, 0.2) is 77.3 Å². The Kier molecular flexibility index (Phi) is 5.55. The molecule has 0 unspecified atom stereocenters. The van der Waals surface area contributed by atoms with Crippen molar-refractivity contribution in [2.24, 2.45) is 0 Å². The summed E-state index contributed by atoms with van der Waals surface area (Å²) >= 11 is 5.05. The number of nitrogens with zero attached hydrogens (tertiary/aromatic N) is 2. The summed E-state index contributed by atoms with van der Waals surface area (Å²) in [6.45, 7) is 2.55. The van der Waals surface area contributed by atoms with E-state index in [1.807, 2.05) is 79.7 Å². The summed E-state index contributed by atoms with van der Waals surface area (Å²) in [7, 11) is 0. The summed E-state index contributed by atoms with van der Waals surface area (Å²) in [5.74, 6) is 0.0471. The minimum absolute atomic E-state index is 0.0471. The molecule has 28 heavy (non-hydrogen) atoms. The van der Waals surface area contributed by atoms with Gasteiger partial charge >= 0.3 is 0 Å². The summed E-state index contributed by atoms with van der Waals surface area (Å²) in [6, 6.07) is 24.2. The van der Waals surface area contributed by atoms with Crippen LogP contribution in [-0.4, -0.2) is 10.9 Å². The number of fused-ring (bicyclic) bond motifs is 1. The first-order valence-corrected chi connectivity index (χ1v) is 10.7. The minimum atomic E-state index is 0.0471. The molecule has 1 amide bonds. The average Bonchev–Trinajstić information content (AvgIpc) is 3.11. The van der Waals surface area contributed by atoms with Gasteiger partial charge in [-0.1, -0.05) is 87.4 Å². The highest BCUT2D eigenvalue weighted by Gasteiger charge is 2.20. The van der Waals surface area contributed by atoms with Gasteiger partial charge in [-0.25, -0.2) is 4.98 Å². The first kappa shape index (κ1) is 18.8. The van der Waals surface area contributed by atoms with Crippen molar-refractivity contribution in [3.63, 3.8) is 0 Å². The second-order valence-corrected chi connectivity index (χ2v) is 8.66. The number of amides is 1. The number of aromatic nitrogens is 1. The maximum Gasteiger partial charge on any atom is 0.233 e. The third-order valence-electron chi connectivity index (χ3n) is 4.53. The van der Waals surface area contributed by atoms with Gasteiger partial charge in [-0.05, 0) is 36.2 Å². The number of carbonyl (C=O) groups is 1. The molecule has 3 aromatic carbocycles.